The maximum absolute atomic E-state index is 13.2. The molecule has 1 heterocycles. The van der Waals surface area contributed by atoms with Gasteiger partial charge in [0.15, 0.2) is 0 Å². The van der Waals surface area contributed by atoms with Gasteiger partial charge in [0.05, 0.1) is 6.54 Å². The highest BCUT2D eigenvalue weighted by molar-refractivity contribution is 5.74. The van der Waals surface area contributed by atoms with Gasteiger partial charge in [0.2, 0.25) is 0 Å². The summed E-state index contributed by atoms with van der Waals surface area (Å²) in [6.45, 7) is 5.32. The van der Waals surface area contributed by atoms with Gasteiger partial charge in [-0.1, -0.05) is 13.8 Å². The lowest BCUT2D eigenvalue weighted by molar-refractivity contribution is 0.129. The Morgan fingerprint density at radius 1 is 1.67 bits per heavy atom. The van der Waals surface area contributed by atoms with Crippen LogP contribution in [0.15, 0.2) is 0 Å². The number of carbonyl (C=O) groups is 1. The molecule has 2 atom stereocenters. The molecule has 0 aliphatic carbocycles. The van der Waals surface area contributed by atoms with Crippen molar-refractivity contribution in [2.75, 3.05) is 19.6 Å². The average Bonchev–Trinajstić information content (AvgIpc) is 2.18. The van der Waals surface area contributed by atoms with E-state index in [0.29, 0.717) is 25.4 Å². The number of hydrogen-bond donors (Lipinski definition) is 2. The van der Waals surface area contributed by atoms with Crippen LogP contribution in [0.5, 0.6) is 0 Å². The smallest absolute Gasteiger partial charge is 0.317 e. The Hall–Kier alpha value is -0.840. The fourth-order valence-corrected chi connectivity index (χ4v) is 1.51. The number of hydrogen-bond acceptors (Lipinski definition) is 2. The number of alkyl halides is 1. The summed E-state index contributed by atoms with van der Waals surface area (Å²) in [6, 6.07) is -0.600. The fraction of sp³-hybridized carbons (Fsp3) is 0.900. The molecule has 2 unspecified atom stereocenters. The van der Waals surface area contributed by atoms with Gasteiger partial charge in [-0.25, -0.2) is 9.18 Å². The zero-order valence-corrected chi connectivity index (χ0v) is 9.37. The fourth-order valence-electron chi connectivity index (χ4n) is 1.51. The summed E-state index contributed by atoms with van der Waals surface area (Å²) in [4.78, 5) is 13.1. The van der Waals surface area contributed by atoms with Gasteiger partial charge < -0.3 is 16.0 Å². The van der Waals surface area contributed by atoms with Crippen LogP contribution in [0.1, 0.15) is 20.3 Å². The second-order valence-corrected chi connectivity index (χ2v) is 4.49. The number of piperidine rings is 1. The molecule has 15 heavy (non-hydrogen) atoms. The predicted molar refractivity (Wildman–Crippen MR) is 57.3 cm³/mol. The van der Waals surface area contributed by atoms with Crippen LogP contribution in [0, 0.1) is 5.92 Å². The Balaban J connectivity index is 2.34. The van der Waals surface area contributed by atoms with Gasteiger partial charge in [-0.05, 0) is 12.3 Å². The molecule has 88 valence electrons. The quantitative estimate of drug-likeness (QED) is 0.716. The second kappa shape index (κ2) is 5.30. The van der Waals surface area contributed by atoms with E-state index in [-0.39, 0.29) is 12.6 Å². The summed E-state index contributed by atoms with van der Waals surface area (Å²) in [5, 5.41) is 2.77. The number of urea groups is 1. The molecule has 0 aromatic carbocycles. The molecule has 1 aliphatic rings. The van der Waals surface area contributed by atoms with Crippen LogP contribution in [0.25, 0.3) is 0 Å². The Kier molecular flexibility index (Phi) is 4.32. The predicted octanol–water partition coefficient (Wildman–Crippen LogP) is 0.723. The highest BCUT2D eigenvalue weighted by Gasteiger charge is 2.28. The highest BCUT2D eigenvalue weighted by Crippen LogP contribution is 2.12. The molecule has 1 fully saturated rings. The van der Waals surface area contributed by atoms with Crippen molar-refractivity contribution in [3.8, 4) is 0 Å². The van der Waals surface area contributed by atoms with Crippen LogP contribution in [0.4, 0.5) is 9.18 Å². The SMILES string of the molecule is CC(C)CNC(=O)N1CCC(N)C(F)C1. The molecule has 0 radical (unpaired) electrons. The summed E-state index contributed by atoms with van der Waals surface area (Å²) in [5.74, 6) is 0.405. The number of halogens is 1. The van der Waals surface area contributed by atoms with Crippen molar-refractivity contribution in [2.45, 2.75) is 32.5 Å². The van der Waals surface area contributed by atoms with E-state index < -0.39 is 12.2 Å². The van der Waals surface area contributed by atoms with Crippen molar-refractivity contribution in [3.63, 3.8) is 0 Å². The van der Waals surface area contributed by atoms with Crippen molar-refractivity contribution in [3.05, 3.63) is 0 Å². The molecule has 1 saturated heterocycles. The Bertz CT molecular complexity index is 223. The third-order valence-electron chi connectivity index (χ3n) is 2.54. The largest absolute Gasteiger partial charge is 0.338 e. The topological polar surface area (TPSA) is 58.4 Å². The van der Waals surface area contributed by atoms with E-state index in [9.17, 15) is 9.18 Å². The zero-order chi connectivity index (χ0) is 11.4. The van der Waals surface area contributed by atoms with Crippen LogP contribution in [0.3, 0.4) is 0 Å². The van der Waals surface area contributed by atoms with E-state index in [1.54, 1.807) is 0 Å². The monoisotopic (exact) mass is 217 g/mol. The van der Waals surface area contributed by atoms with Crippen LogP contribution in [-0.4, -0.2) is 42.8 Å². The number of likely N-dealkylation sites (tertiary alicyclic amines) is 1. The molecule has 3 N–H and O–H groups in total. The number of rotatable bonds is 2. The van der Waals surface area contributed by atoms with Gasteiger partial charge in [0.1, 0.15) is 6.17 Å². The van der Waals surface area contributed by atoms with Crippen LogP contribution >= 0.6 is 0 Å². The molecule has 0 aromatic rings. The summed E-state index contributed by atoms with van der Waals surface area (Å²) < 4.78 is 13.2. The summed E-state index contributed by atoms with van der Waals surface area (Å²) in [7, 11) is 0. The first-order valence-corrected chi connectivity index (χ1v) is 5.43. The van der Waals surface area contributed by atoms with E-state index in [4.69, 9.17) is 5.73 Å². The Morgan fingerprint density at radius 2 is 2.33 bits per heavy atom. The maximum Gasteiger partial charge on any atom is 0.317 e. The van der Waals surface area contributed by atoms with Gasteiger partial charge >= 0.3 is 6.03 Å². The minimum Gasteiger partial charge on any atom is -0.338 e. The van der Waals surface area contributed by atoms with E-state index in [1.165, 1.54) is 4.90 Å². The normalized spacial score (nSPS) is 26.9. The Labute approximate surface area is 90.0 Å². The molecular weight excluding hydrogens is 197 g/mol. The van der Waals surface area contributed by atoms with E-state index in [1.807, 2.05) is 13.8 Å². The molecular formula is C10H20FN3O. The van der Waals surface area contributed by atoms with Crippen molar-refractivity contribution >= 4 is 6.03 Å². The molecule has 0 aromatic heterocycles. The van der Waals surface area contributed by atoms with Gasteiger partial charge in [0.25, 0.3) is 0 Å². The molecule has 0 saturated carbocycles. The first kappa shape index (κ1) is 12.2. The third kappa shape index (κ3) is 3.66. The molecule has 5 heteroatoms. The lowest BCUT2D eigenvalue weighted by Gasteiger charge is -2.33. The maximum atomic E-state index is 13.2. The lowest BCUT2D eigenvalue weighted by atomic mass is 10.0. The van der Waals surface area contributed by atoms with Crippen molar-refractivity contribution in [1.82, 2.24) is 10.2 Å². The van der Waals surface area contributed by atoms with Gasteiger partial charge in [0, 0.05) is 19.1 Å². The van der Waals surface area contributed by atoms with E-state index in [0.717, 1.165) is 0 Å². The number of carbonyl (C=O) groups excluding carboxylic acids is 1. The summed E-state index contributed by atoms with van der Waals surface area (Å²) in [5.41, 5.74) is 5.53. The minimum absolute atomic E-state index is 0.116. The minimum atomic E-state index is -1.09. The van der Waals surface area contributed by atoms with E-state index >= 15 is 0 Å². The van der Waals surface area contributed by atoms with Crippen molar-refractivity contribution in [1.29, 1.82) is 0 Å². The average molecular weight is 217 g/mol. The van der Waals surface area contributed by atoms with Gasteiger partial charge in [-0.15, -0.1) is 0 Å². The summed E-state index contributed by atoms with van der Waals surface area (Å²) in [6.07, 6.45) is -0.556. The molecule has 1 rings (SSSR count). The first-order chi connectivity index (χ1) is 7.00. The van der Waals surface area contributed by atoms with Crippen LogP contribution in [0.2, 0.25) is 0 Å². The number of amides is 2. The number of nitrogens with zero attached hydrogens (tertiary/aromatic N) is 1. The Morgan fingerprint density at radius 3 is 2.87 bits per heavy atom. The van der Waals surface area contributed by atoms with Crippen molar-refractivity contribution in [2.24, 2.45) is 11.7 Å². The number of nitrogens with two attached hydrogens (primary N) is 1. The molecule has 2 amide bonds. The molecule has 4 nitrogen and oxygen atoms in total. The molecule has 1 aliphatic heterocycles. The standard InChI is InChI=1S/C10H20FN3O/c1-7(2)5-13-10(15)14-4-3-9(12)8(11)6-14/h7-9H,3-6,12H2,1-2H3,(H,13,15). The van der Waals surface area contributed by atoms with Crippen molar-refractivity contribution < 1.29 is 9.18 Å². The van der Waals surface area contributed by atoms with Crippen LogP contribution in [-0.2, 0) is 0 Å². The van der Waals surface area contributed by atoms with Crippen LogP contribution < -0.4 is 11.1 Å². The molecule has 0 spiro atoms. The number of nitrogens with one attached hydrogen (secondary N) is 1. The second-order valence-electron chi connectivity index (χ2n) is 4.49. The first-order valence-electron chi connectivity index (χ1n) is 5.43. The third-order valence-corrected chi connectivity index (χ3v) is 2.54. The lowest BCUT2D eigenvalue weighted by Crippen LogP contribution is -2.53. The zero-order valence-electron chi connectivity index (χ0n) is 9.37. The molecule has 0 bridgehead atoms. The van der Waals surface area contributed by atoms with Gasteiger partial charge in [-0.2, -0.15) is 0 Å². The summed E-state index contributed by atoms with van der Waals surface area (Å²) >= 11 is 0. The van der Waals surface area contributed by atoms with Gasteiger partial charge in [-0.3, -0.25) is 0 Å². The highest BCUT2D eigenvalue weighted by atomic mass is 19.1. The van der Waals surface area contributed by atoms with E-state index in [2.05, 4.69) is 5.32 Å².